The van der Waals surface area contributed by atoms with Gasteiger partial charge in [-0.2, -0.15) is 0 Å². The quantitative estimate of drug-likeness (QED) is 0.859. The average molecular weight is 281 g/mol. The molecule has 2 N–H and O–H groups in total. The van der Waals surface area contributed by atoms with E-state index in [0.29, 0.717) is 13.0 Å². The van der Waals surface area contributed by atoms with Crippen molar-refractivity contribution in [3.63, 3.8) is 0 Å². The van der Waals surface area contributed by atoms with E-state index in [-0.39, 0.29) is 15.6 Å². The van der Waals surface area contributed by atoms with Gasteiger partial charge >= 0.3 is 0 Å². The van der Waals surface area contributed by atoms with Crippen LogP contribution in [0.2, 0.25) is 5.02 Å². The fraction of sp³-hybridized carbons (Fsp3) is 0.400. The number of nitrogens with two attached hydrogens (primary N) is 1. The molecule has 0 radical (unpaired) electrons. The van der Waals surface area contributed by atoms with Gasteiger partial charge in [-0.05, 0) is 18.6 Å². The summed E-state index contributed by atoms with van der Waals surface area (Å²) in [4.78, 5) is -0.172. The molecule has 0 unspecified atom stereocenters. The van der Waals surface area contributed by atoms with Gasteiger partial charge in [0, 0.05) is 13.6 Å². The molecule has 0 aliphatic heterocycles. The third-order valence-electron chi connectivity index (χ3n) is 2.28. The Morgan fingerprint density at radius 2 is 2.06 bits per heavy atom. The van der Waals surface area contributed by atoms with E-state index in [1.165, 1.54) is 7.05 Å². The zero-order valence-corrected chi connectivity index (χ0v) is 11.1. The molecule has 0 saturated carbocycles. The lowest BCUT2D eigenvalue weighted by Gasteiger charge is -2.17. The van der Waals surface area contributed by atoms with Crippen LogP contribution in [0.3, 0.4) is 0 Å². The minimum Gasteiger partial charge on any atom is -0.396 e. The number of sulfonamides is 1. The normalized spacial score (nSPS) is 12.1. The van der Waals surface area contributed by atoms with Gasteiger partial charge in [-0.25, -0.2) is 17.1 Å². The number of rotatable bonds is 4. The largest absolute Gasteiger partial charge is 0.396 e. The number of benzene rings is 1. The highest BCUT2D eigenvalue weighted by molar-refractivity contribution is 7.89. The summed E-state index contributed by atoms with van der Waals surface area (Å²) in [5.41, 5.74) is 5.11. The van der Waals surface area contributed by atoms with Crippen LogP contribution >= 0.6 is 11.6 Å². The molecule has 17 heavy (non-hydrogen) atoms. The van der Waals surface area contributed by atoms with Crippen molar-refractivity contribution in [1.82, 2.24) is 4.31 Å². The number of nitrogen functional groups attached to an aromatic ring is 1. The molecule has 1 aromatic carbocycles. The van der Waals surface area contributed by atoms with Crippen molar-refractivity contribution in [2.24, 2.45) is 0 Å². The Kier molecular flexibility index (Phi) is 4.35. The molecular formula is C10H14ClFN2O2S. The van der Waals surface area contributed by atoms with Gasteiger partial charge in [0.15, 0.2) is 0 Å². The second kappa shape index (κ2) is 5.20. The van der Waals surface area contributed by atoms with Crippen LogP contribution in [0, 0.1) is 5.82 Å². The van der Waals surface area contributed by atoms with Crippen LogP contribution < -0.4 is 5.73 Å². The summed E-state index contributed by atoms with van der Waals surface area (Å²) in [5, 5.41) is -0.167. The van der Waals surface area contributed by atoms with Crippen LogP contribution in [0.1, 0.15) is 13.3 Å². The molecule has 7 heteroatoms. The molecule has 0 aromatic heterocycles. The van der Waals surface area contributed by atoms with E-state index in [1.54, 1.807) is 0 Å². The first-order chi connectivity index (χ1) is 7.80. The van der Waals surface area contributed by atoms with E-state index in [0.717, 1.165) is 16.4 Å². The van der Waals surface area contributed by atoms with E-state index in [9.17, 15) is 12.8 Å². The van der Waals surface area contributed by atoms with E-state index >= 15 is 0 Å². The topological polar surface area (TPSA) is 63.4 Å². The fourth-order valence-corrected chi connectivity index (χ4v) is 3.13. The second-order valence-corrected chi connectivity index (χ2v) is 6.05. The minimum atomic E-state index is -3.72. The lowest BCUT2D eigenvalue weighted by molar-refractivity contribution is 0.468. The molecule has 0 heterocycles. The summed E-state index contributed by atoms with van der Waals surface area (Å²) in [6.45, 7) is 2.21. The number of halogens is 2. The van der Waals surface area contributed by atoms with Gasteiger partial charge in [-0.1, -0.05) is 18.5 Å². The smallest absolute Gasteiger partial charge is 0.244 e. The Morgan fingerprint density at radius 1 is 1.47 bits per heavy atom. The first-order valence-electron chi connectivity index (χ1n) is 5.01. The van der Waals surface area contributed by atoms with Gasteiger partial charge in [0.2, 0.25) is 10.0 Å². The van der Waals surface area contributed by atoms with Crippen molar-refractivity contribution in [2.45, 2.75) is 18.2 Å². The number of anilines is 1. The van der Waals surface area contributed by atoms with Crippen LogP contribution in [0.4, 0.5) is 10.1 Å². The predicted octanol–water partition coefficient (Wildman–Crippen LogP) is 2.09. The Balaban J connectivity index is 3.29. The molecule has 0 fully saturated rings. The lowest BCUT2D eigenvalue weighted by Crippen LogP contribution is -2.28. The van der Waals surface area contributed by atoms with Crippen LogP contribution in [0.25, 0.3) is 0 Å². The Labute approximate surface area is 105 Å². The maximum atomic E-state index is 13.1. The molecule has 96 valence electrons. The monoisotopic (exact) mass is 280 g/mol. The molecule has 0 amide bonds. The standard InChI is InChI=1S/C10H14ClFN2O2S/c1-3-4-14(2)17(15,16)10-6-9(13)8(12)5-7(10)11/h5-6H,3-4,13H2,1-2H3. The fourth-order valence-electron chi connectivity index (χ4n) is 1.35. The Morgan fingerprint density at radius 3 is 2.59 bits per heavy atom. The number of hydrogen-bond acceptors (Lipinski definition) is 3. The summed E-state index contributed by atoms with van der Waals surface area (Å²) in [6, 6.07) is 1.95. The summed E-state index contributed by atoms with van der Waals surface area (Å²) >= 11 is 5.73. The molecule has 1 aromatic rings. The highest BCUT2D eigenvalue weighted by Gasteiger charge is 2.24. The molecule has 0 saturated heterocycles. The third kappa shape index (κ3) is 2.88. The maximum Gasteiger partial charge on any atom is 0.244 e. The SMILES string of the molecule is CCCN(C)S(=O)(=O)c1cc(N)c(F)cc1Cl. The van der Waals surface area contributed by atoms with Crippen molar-refractivity contribution in [2.75, 3.05) is 19.3 Å². The lowest BCUT2D eigenvalue weighted by atomic mass is 10.3. The van der Waals surface area contributed by atoms with Crippen molar-refractivity contribution in [3.05, 3.63) is 23.0 Å². The third-order valence-corrected chi connectivity index (χ3v) is 4.60. The van der Waals surface area contributed by atoms with Gasteiger partial charge in [0.1, 0.15) is 10.7 Å². The molecule has 0 atom stereocenters. The zero-order chi connectivity index (χ0) is 13.2. The number of hydrogen-bond donors (Lipinski definition) is 1. The Bertz CT molecular complexity index is 519. The van der Waals surface area contributed by atoms with E-state index in [4.69, 9.17) is 17.3 Å². The second-order valence-electron chi connectivity index (χ2n) is 3.63. The van der Waals surface area contributed by atoms with Crippen molar-refractivity contribution in [3.8, 4) is 0 Å². The molecule has 0 aliphatic carbocycles. The van der Waals surface area contributed by atoms with E-state index in [2.05, 4.69) is 0 Å². The van der Waals surface area contributed by atoms with E-state index in [1.807, 2.05) is 6.92 Å². The van der Waals surface area contributed by atoms with Crippen LogP contribution in [-0.4, -0.2) is 26.3 Å². The van der Waals surface area contributed by atoms with Gasteiger partial charge in [0.05, 0.1) is 10.7 Å². The van der Waals surface area contributed by atoms with Gasteiger partial charge in [-0.3, -0.25) is 0 Å². The summed E-state index contributed by atoms with van der Waals surface area (Å²) in [5.74, 6) is -0.730. The highest BCUT2D eigenvalue weighted by atomic mass is 35.5. The molecular weight excluding hydrogens is 267 g/mol. The maximum absolute atomic E-state index is 13.1. The predicted molar refractivity (Wildman–Crippen MR) is 65.9 cm³/mol. The summed E-state index contributed by atoms with van der Waals surface area (Å²) < 4.78 is 38.4. The van der Waals surface area contributed by atoms with Crippen LogP contribution in [-0.2, 0) is 10.0 Å². The summed E-state index contributed by atoms with van der Waals surface area (Å²) in [6.07, 6.45) is 0.671. The van der Waals surface area contributed by atoms with Gasteiger partial charge in [-0.15, -0.1) is 0 Å². The van der Waals surface area contributed by atoms with Crippen molar-refractivity contribution < 1.29 is 12.8 Å². The summed E-state index contributed by atoms with van der Waals surface area (Å²) in [7, 11) is -2.28. The number of nitrogens with zero attached hydrogens (tertiary/aromatic N) is 1. The molecule has 4 nitrogen and oxygen atoms in total. The van der Waals surface area contributed by atoms with E-state index < -0.39 is 15.8 Å². The first kappa shape index (κ1) is 14.2. The van der Waals surface area contributed by atoms with Gasteiger partial charge in [0.25, 0.3) is 0 Å². The van der Waals surface area contributed by atoms with Crippen molar-refractivity contribution >= 4 is 27.3 Å². The Hall–Kier alpha value is -0.850. The first-order valence-corrected chi connectivity index (χ1v) is 6.83. The average Bonchev–Trinajstić information content (AvgIpc) is 2.23. The van der Waals surface area contributed by atoms with Gasteiger partial charge < -0.3 is 5.73 Å². The van der Waals surface area contributed by atoms with Crippen molar-refractivity contribution in [1.29, 1.82) is 0 Å². The van der Waals surface area contributed by atoms with Crippen LogP contribution in [0.5, 0.6) is 0 Å². The van der Waals surface area contributed by atoms with Crippen LogP contribution in [0.15, 0.2) is 17.0 Å². The molecule has 0 aliphatic rings. The molecule has 1 rings (SSSR count). The minimum absolute atomic E-state index is 0.167. The zero-order valence-electron chi connectivity index (χ0n) is 9.57. The molecule has 0 spiro atoms. The highest BCUT2D eigenvalue weighted by Crippen LogP contribution is 2.28. The molecule has 0 bridgehead atoms.